The summed E-state index contributed by atoms with van der Waals surface area (Å²) >= 11 is 0. The van der Waals surface area contributed by atoms with Crippen molar-refractivity contribution >= 4 is 21.6 Å². The van der Waals surface area contributed by atoms with Crippen molar-refractivity contribution in [1.82, 2.24) is 5.32 Å². The van der Waals surface area contributed by atoms with Gasteiger partial charge in [0.2, 0.25) is 15.9 Å². The van der Waals surface area contributed by atoms with Crippen molar-refractivity contribution in [3.8, 4) is 0 Å². The van der Waals surface area contributed by atoms with E-state index in [1.54, 1.807) is 38.1 Å². The van der Waals surface area contributed by atoms with Crippen LogP contribution in [0.1, 0.15) is 36.6 Å². The van der Waals surface area contributed by atoms with Gasteiger partial charge >= 0.3 is 0 Å². The summed E-state index contributed by atoms with van der Waals surface area (Å²) in [6.45, 7) is 7.13. The van der Waals surface area contributed by atoms with Crippen LogP contribution in [0.5, 0.6) is 0 Å². The van der Waals surface area contributed by atoms with Gasteiger partial charge in [-0.25, -0.2) is 12.8 Å². The summed E-state index contributed by atoms with van der Waals surface area (Å²) in [5.74, 6) is -0.792. The zero-order valence-corrected chi connectivity index (χ0v) is 17.0. The molecule has 2 aromatic rings. The Morgan fingerprint density at radius 3 is 2.15 bits per heavy atom. The van der Waals surface area contributed by atoms with Crippen LogP contribution in [0, 0.1) is 19.7 Å². The van der Waals surface area contributed by atoms with Crippen LogP contribution >= 0.6 is 0 Å². The molecule has 0 spiro atoms. The molecular weight excluding hydrogens is 367 g/mol. The van der Waals surface area contributed by atoms with E-state index in [0.29, 0.717) is 5.69 Å². The third-order valence-electron chi connectivity index (χ3n) is 4.56. The lowest BCUT2D eigenvalue weighted by Crippen LogP contribution is -2.48. The van der Waals surface area contributed by atoms with Gasteiger partial charge < -0.3 is 5.32 Å². The summed E-state index contributed by atoms with van der Waals surface area (Å²) < 4.78 is 38.9. The van der Waals surface area contributed by atoms with E-state index in [1.807, 2.05) is 19.9 Å². The summed E-state index contributed by atoms with van der Waals surface area (Å²) in [5.41, 5.74) is 3.15. The molecule has 146 valence electrons. The molecule has 0 aromatic heterocycles. The molecule has 1 N–H and O–H groups in total. The third-order valence-corrected chi connectivity index (χ3v) is 5.80. The maximum Gasteiger partial charge on any atom is 0.244 e. The van der Waals surface area contributed by atoms with Crippen molar-refractivity contribution in [2.45, 2.75) is 39.8 Å². The Balaban J connectivity index is 2.26. The van der Waals surface area contributed by atoms with Gasteiger partial charge in [0.25, 0.3) is 0 Å². The standard InChI is InChI=1S/C20H25FN2O3S/c1-13-6-11-19(12-14(13)2)23(27(5,25)26)16(4)20(24)22-15(3)17-7-9-18(21)10-8-17/h6-12,15-16H,1-5H3,(H,22,24)/t15-,16+/m0/s1. The molecule has 1 amide bonds. The van der Waals surface area contributed by atoms with Gasteiger partial charge in [-0.1, -0.05) is 18.2 Å². The minimum atomic E-state index is -3.67. The van der Waals surface area contributed by atoms with Crippen molar-refractivity contribution in [3.63, 3.8) is 0 Å². The highest BCUT2D eigenvalue weighted by molar-refractivity contribution is 7.92. The number of benzene rings is 2. The number of halogens is 1. The van der Waals surface area contributed by atoms with Gasteiger partial charge in [0.05, 0.1) is 18.0 Å². The van der Waals surface area contributed by atoms with Gasteiger partial charge in [-0.2, -0.15) is 0 Å². The number of carbonyl (C=O) groups excluding carboxylic acids is 1. The first-order valence-electron chi connectivity index (χ1n) is 8.63. The smallest absolute Gasteiger partial charge is 0.244 e. The molecule has 2 atom stereocenters. The van der Waals surface area contributed by atoms with Crippen LogP contribution in [-0.4, -0.2) is 26.6 Å². The summed E-state index contributed by atoms with van der Waals surface area (Å²) in [5, 5.41) is 2.80. The minimum absolute atomic E-state index is 0.358. The minimum Gasteiger partial charge on any atom is -0.348 e. The Hall–Kier alpha value is -2.41. The lowest BCUT2D eigenvalue weighted by Gasteiger charge is -2.29. The molecule has 0 aliphatic carbocycles. The molecule has 0 heterocycles. The number of amides is 1. The van der Waals surface area contributed by atoms with Crippen molar-refractivity contribution in [1.29, 1.82) is 0 Å². The average Bonchev–Trinajstić information content (AvgIpc) is 2.57. The molecule has 0 bridgehead atoms. The third kappa shape index (κ3) is 5.07. The van der Waals surface area contributed by atoms with Gasteiger partial charge in [-0.3, -0.25) is 9.10 Å². The number of nitrogens with zero attached hydrogens (tertiary/aromatic N) is 1. The van der Waals surface area contributed by atoms with Crippen LogP contribution in [0.25, 0.3) is 0 Å². The predicted octanol–water partition coefficient (Wildman–Crippen LogP) is 3.47. The molecule has 5 nitrogen and oxygen atoms in total. The number of nitrogens with one attached hydrogen (secondary N) is 1. The van der Waals surface area contributed by atoms with E-state index in [1.165, 1.54) is 12.1 Å². The number of hydrogen-bond donors (Lipinski definition) is 1. The SMILES string of the molecule is Cc1ccc(N([C@H](C)C(=O)N[C@@H](C)c2ccc(F)cc2)S(C)(=O)=O)cc1C. The highest BCUT2D eigenvalue weighted by atomic mass is 32.2. The van der Waals surface area contributed by atoms with E-state index in [-0.39, 0.29) is 11.9 Å². The molecular formula is C20H25FN2O3S. The molecule has 0 aliphatic heterocycles. The molecule has 2 rings (SSSR count). The highest BCUT2D eigenvalue weighted by Crippen LogP contribution is 2.24. The first-order chi connectivity index (χ1) is 12.5. The second-order valence-electron chi connectivity index (χ2n) is 6.79. The predicted molar refractivity (Wildman–Crippen MR) is 106 cm³/mol. The zero-order valence-electron chi connectivity index (χ0n) is 16.2. The van der Waals surface area contributed by atoms with Gasteiger partial charge in [-0.15, -0.1) is 0 Å². The molecule has 0 saturated heterocycles. The number of hydrogen-bond acceptors (Lipinski definition) is 3. The number of sulfonamides is 1. The fourth-order valence-electron chi connectivity index (χ4n) is 2.84. The normalized spacial score (nSPS) is 13.7. The molecule has 27 heavy (non-hydrogen) atoms. The first kappa shape index (κ1) is 20.9. The topological polar surface area (TPSA) is 66.5 Å². The molecule has 0 radical (unpaired) electrons. The summed E-state index contributed by atoms with van der Waals surface area (Å²) in [6.07, 6.45) is 1.08. The first-order valence-corrected chi connectivity index (χ1v) is 10.5. The van der Waals surface area contributed by atoms with Gasteiger partial charge in [0.15, 0.2) is 0 Å². The van der Waals surface area contributed by atoms with Crippen LogP contribution in [0.3, 0.4) is 0 Å². The lowest BCUT2D eigenvalue weighted by atomic mass is 10.1. The Morgan fingerprint density at radius 1 is 1.04 bits per heavy atom. The average molecular weight is 392 g/mol. The van der Waals surface area contributed by atoms with Crippen molar-refractivity contribution in [2.24, 2.45) is 0 Å². The van der Waals surface area contributed by atoms with E-state index in [9.17, 15) is 17.6 Å². The van der Waals surface area contributed by atoms with Crippen molar-refractivity contribution < 1.29 is 17.6 Å². The lowest BCUT2D eigenvalue weighted by molar-refractivity contribution is -0.122. The number of carbonyl (C=O) groups is 1. The second kappa shape index (κ2) is 8.08. The van der Waals surface area contributed by atoms with Gasteiger partial charge in [0, 0.05) is 0 Å². The molecule has 0 aliphatic rings. The van der Waals surface area contributed by atoms with E-state index in [2.05, 4.69) is 5.32 Å². The van der Waals surface area contributed by atoms with Crippen LogP contribution in [0.15, 0.2) is 42.5 Å². The number of anilines is 1. The fraction of sp³-hybridized carbons (Fsp3) is 0.350. The maximum atomic E-state index is 13.1. The number of rotatable bonds is 6. The Kier molecular flexibility index (Phi) is 6.26. The van der Waals surface area contributed by atoms with Crippen LogP contribution < -0.4 is 9.62 Å². The van der Waals surface area contributed by atoms with Crippen LogP contribution in [-0.2, 0) is 14.8 Å². The number of aryl methyl sites for hydroxylation is 2. The highest BCUT2D eigenvalue weighted by Gasteiger charge is 2.30. The van der Waals surface area contributed by atoms with E-state index >= 15 is 0 Å². The summed E-state index contributed by atoms with van der Waals surface area (Å²) in [6, 6.07) is 9.75. The van der Waals surface area contributed by atoms with Crippen LogP contribution in [0.4, 0.5) is 10.1 Å². The Labute approximate surface area is 160 Å². The molecule has 0 saturated carbocycles. The summed E-state index contributed by atoms with van der Waals surface area (Å²) in [4.78, 5) is 12.7. The summed E-state index contributed by atoms with van der Waals surface area (Å²) in [7, 11) is -3.67. The molecule has 0 fully saturated rings. The Bertz CT molecular complexity index is 927. The molecule has 0 unspecified atom stereocenters. The van der Waals surface area contributed by atoms with E-state index in [0.717, 1.165) is 27.3 Å². The van der Waals surface area contributed by atoms with Crippen molar-refractivity contribution in [3.05, 3.63) is 65.0 Å². The largest absolute Gasteiger partial charge is 0.348 e. The van der Waals surface area contributed by atoms with Gasteiger partial charge in [0.1, 0.15) is 11.9 Å². The quantitative estimate of drug-likeness (QED) is 0.819. The van der Waals surface area contributed by atoms with Crippen molar-refractivity contribution in [2.75, 3.05) is 10.6 Å². The second-order valence-corrected chi connectivity index (χ2v) is 8.64. The molecule has 7 heteroatoms. The zero-order chi connectivity index (χ0) is 20.4. The maximum absolute atomic E-state index is 13.1. The van der Waals surface area contributed by atoms with Gasteiger partial charge in [-0.05, 0) is 68.7 Å². The monoisotopic (exact) mass is 392 g/mol. The fourth-order valence-corrected chi connectivity index (χ4v) is 4.01. The van der Waals surface area contributed by atoms with E-state index < -0.39 is 22.0 Å². The Morgan fingerprint density at radius 2 is 1.63 bits per heavy atom. The van der Waals surface area contributed by atoms with Crippen LogP contribution in [0.2, 0.25) is 0 Å². The van der Waals surface area contributed by atoms with E-state index in [4.69, 9.17) is 0 Å². The molecule has 2 aromatic carbocycles.